The lowest BCUT2D eigenvalue weighted by Crippen LogP contribution is -2.28. The molecule has 0 amide bonds. The minimum Gasteiger partial charge on any atom is -0.347 e. The van der Waals surface area contributed by atoms with Crippen LogP contribution in [0.25, 0.3) is 16.6 Å². The van der Waals surface area contributed by atoms with Crippen molar-refractivity contribution in [2.24, 2.45) is 4.99 Å². The highest BCUT2D eigenvalue weighted by Crippen LogP contribution is 2.32. The molecule has 30 heavy (non-hydrogen) atoms. The third-order valence-electron chi connectivity index (χ3n) is 4.85. The zero-order valence-electron chi connectivity index (χ0n) is 17.5. The van der Waals surface area contributed by atoms with Crippen molar-refractivity contribution in [3.8, 4) is 0 Å². The van der Waals surface area contributed by atoms with Gasteiger partial charge in [0.2, 0.25) is 0 Å². The van der Waals surface area contributed by atoms with Gasteiger partial charge in [-0.2, -0.15) is 0 Å². The minimum atomic E-state index is -3.31. The topological polar surface area (TPSA) is 84.4 Å². The Kier molecular flexibility index (Phi) is 5.11. The Bertz CT molecular complexity index is 1260. The van der Waals surface area contributed by atoms with Crippen LogP contribution in [0.2, 0.25) is 0 Å². The number of ether oxygens (including phenoxy) is 1. The number of aromatic nitrogens is 2. The predicted molar refractivity (Wildman–Crippen MR) is 119 cm³/mol. The number of allylic oxidation sites excluding steroid dienone is 1. The van der Waals surface area contributed by atoms with Crippen molar-refractivity contribution in [3.05, 3.63) is 66.0 Å². The molecular weight excluding hydrogens is 398 g/mol. The second kappa shape index (κ2) is 7.49. The molecule has 0 saturated carbocycles. The summed E-state index contributed by atoms with van der Waals surface area (Å²) in [5, 5.41) is 1.03. The summed E-state index contributed by atoms with van der Waals surface area (Å²) in [5.74, 6) is 0. The highest BCUT2D eigenvalue weighted by Gasteiger charge is 2.24. The number of nitrogens with one attached hydrogen (secondary N) is 1. The van der Waals surface area contributed by atoms with E-state index in [1.165, 1.54) is 6.26 Å². The van der Waals surface area contributed by atoms with Gasteiger partial charge in [-0.3, -0.25) is 4.99 Å². The molecule has 1 N–H and O–H groups in total. The summed E-state index contributed by atoms with van der Waals surface area (Å²) in [6.07, 6.45) is 7.06. The first kappa shape index (κ1) is 20.5. The Morgan fingerprint density at radius 3 is 2.70 bits per heavy atom. The number of aliphatic imine (C=N–C) groups is 1. The van der Waals surface area contributed by atoms with Gasteiger partial charge in [-0.05, 0) is 62.2 Å². The highest BCUT2D eigenvalue weighted by atomic mass is 32.2. The average molecular weight is 424 g/mol. The Morgan fingerprint density at radius 2 is 1.97 bits per heavy atom. The van der Waals surface area contributed by atoms with Gasteiger partial charge in [0, 0.05) is 41.7 Å². The van der Waals surface area contributed by atoms with Gasteiger partial charge in [-0.15, -0.1) is 0 Å². The zero-order valence-corrected chi connectivity index (χ0v) is 18.3. The van der Waals surface area contributed by atoms with Crippen molar-refractivity contribution in [3.63, 3.8) is 0 Å². The zero-order chi connectivity index (χ0) is 21.5. The van der Waals surface area contributed by atoms with Crippen LogP contribution in [0.3, 0.4) is 0 Å². The Morgan fingerprint density at radius 1 is 1.17 bits per heavy atom. The van der Waals surface area contributed by atoms with E-state index in [1.54, 1.807) is 24.4 Å². The van der Waals surface area contributed by atoms with Gasteiger partial charge in [0.25, 0.3) is 0 Å². The predicted octanol–water partition coefficient (Wildman–Crippen LogP) is 4.38. The first-order valence-corrected chi connectivity index (χ1v) is 11.7. The van der Waals surface area contributed by atoms with E-state index in [0.717, 1.165) is 33.4 Å². The molecule has 0 spiro atoms. The Balaban J connectivity index is 1.78. The van der Waals surface area contributed by atoms with E-state index in [4.69, 9.17) is 9.73 Å². The van der Waals surface area contributed by atoms with E-state index in [2.05, 4.69) is 9.97 Å². The molecule has 2 aromatic heterocycles. The van der Waals surface area contributed by atoms with Crippen molar-refractivity contribution in [2.75, 3.05) is 6.26 Å². The monoisotopic (exact) mass is 423 g/mol. The van der Waals surface area contributed by atoms with E-state index in [9.17, 15) is 8.42 Å². The molecule has 0 saturated heterocycles. The summed E-state index contributed by atoms with van der Waals surface area (Å²) in [7, 11) is -3.31. The Hall–Kier alpha value is -2.77. The van der Waals surface area contributed by atoms with Gasteiger partial charge < -0.3 is 9.72 Å². The molecule has 3 heterocycles. The number of nitrogens with zero attached hydrogens (tertiary/aromatic N) is 2. The molecule has 4 rings (SSSR count). The maximum absolute atomic E-state index is 12.0. The van der Waals surface area contributed by atoms with Crippen LogP contribution in [0.4, 0.5) is 0 Å². The lowest BCUT2D eigenvalue weighted by molar-refractivity contribution is -0.0340. The molecule has 1 aromatic carbocycles. The van der Waals surface area contributed by atoms with Crippen LogP contribution in [0.15, 0.2) is 64.8 Å². The average Bonchev–Trinajstić information content (AvgIpc) is 3.10. The van der Waals surface area contributed by atoms with Crippen molar-refractivity contribution in [1.29, 1.82) is 0 Å². The molecule has 7 heteroatoms. The van der Waals surface area contributed by atoms with E-state index < -0.39 is 16.1 Å². The third kappa shape index (κ3) is 4.37. The SMILES string of the molecule is CC(C)(C)OC1C=C(c2c[nH]c3ncccc23)CC(c2cccc(S(C)(=O)=O)c2)=N1. The summed E-state index contributed by atoms with van der Waals surface area (Å²) in [6, 6.07) is 10.9. The van der Waals surface area contributed by atoms with E-state index in [-0.39, 0.29) is 10.5 Å². The van der Waals surface area contributed by atoms with Gasteiger partial charge in [0.05, 0.1) is 10.5 Å². The molecule has 6 nitrogen and oxygen atoms in total. The van der Waals surface area contributed by atoms with Gasteiger partial charge in [-0.1, -0.05) is 12.1 Å². The van der Waals surface area contributed by atoms with Crippen LogP contribution < -0.4 is 0 Å². The fourth-order valence-corrected chi connectivity index (χ4v) is 4.23. The van der Waals surface area contributed by atoms with E-state index in [1.807, 2.05) is 51.2 Å². The molecule has 0 fully saturated rings. The molecular formula is C23H25N3O3S. The molecule has 1 unspecified atom stereocenters. The standard InChI is InChI=1S/C23H25N3O3S/c1-23(2,3)29-21-13-16(19-14-25-22-18(19)9-6-10-24-22)12-20(26-21)15-7-5-8-17(11-15)30(4,27)28/h5-11,13-14,21H,12H2,1-4H3,(H,24,25). The number of benzene rings is 1. The molecule has 156 valence electrons. The summed E-state index contributed by atoms with van der Waals surface area (Å²) in [6.45, 7) is 5.97. The van der Waals surface area contributed by atoms with Crippen LogP contribution in [0.5, 0.6) is 0 Å². The third-order valence-corrected chi connectivity index (χ3v) is 5.96. The van der Waals surface area contributed by atoms with Crippen molar-refractivity contribution in [1.82, 2.24) is 9.97 Å². The van der Waals surface area contributed by atoms with Crippen molar-refractivity contribution in [2.45, 2.75) is 43.9 Å². The highest BCUT2D eigenvalue weighted by molar-refractivity contribution is 7.90. The number of fused-ring (bicyclic) bond motifs is 1. The lowest BCUT2D eigenvalue weighted by Gasteiger charge is -2.27. The molecule has 1 atom stereocenters. The second-order valence-electron chi connectivity index (χ2n) is 8.47. The molecule has 0 radical (unpaired) electrons. The minimum absolute atomic E-state index is 0.281. The fourth-order valence-electron chi connectivity index (χ4n) is 3.56. The van der Waals surface area contributed by atoms with Crippen LogP contribution in [-0.2, 0) is 14.6 Å². The number of rotatable bonds is 4. The van der Waals surface area contributed by atoms with Crippen LogP contribution >= 0.6 is 0 Å². The number of dihydropyridines is 1. The molecule has 1 aliphatic heterocycles. The number of sulfone groups is 1. The summed E-state index contributed by atoms with van der Waals surface area (Å²) < 4.78 is 30.2. The Labute approximate surface area is 176 Å². The van der Waals surface area contributed by atoms with E-state index >= 15 is 0 Å². The summed E-state index contributed by atoms with van der Waals surface area (Å²) >= 11 is 0. The molecule has 0 bridgehead atoms. The van der Waals surface area contributed by atoms with Gasteiger partial charge >= 0.3 is 0 Å². The maximum Gasteiger partial charge on any atom is 0.175 e. The largest absolute Gasteiger partial charge is 0.347 e. The van der Waals surface area contributed by atoms with Crippen LogP contribution in [-0.4, -0.2) is 42.2 Å². The van der Waals surface area contributed by atoms with Gasteiger partial charge in [-0.25, -0.2) is 13.4 Å². The lowest BCUT2D eigenvalue weighted by atomic mass is 9.94. The number of pyridine rings is 1. The maximum atomic E-state index is 12.0. The van der Waals surface area contributed by atoms with Gasteiger partial charge in [0.1, 0.15) is 5.65 Å². The fraction of sp³-hybridized carbons (Fsp3) is 0.304. The first-order chi connectivity index (χ1) is 14.1. The normalized spacial score (nSPS) is 17.7. The molecule has 0 aliphatic carbocycles. The van der Waals surface area contributed by atoms with E-state index in [0.29, 0.717) is 6.42 Å². The summed E-state index contributed by atoms with van der Waals surface area (Å²) in [5.41, 5.74) is 4.14. The van der Waals surface area contributed by atoms with Crippen LogP contribution in [0.1, 0.15) is 38.3 Å². The second-order valence-corrected chi connectivity index (χ2v) is 10.5. The number of aromatic amines is 1. The number of hydrogen-bond donors (Lipinski definition) is 1. The smallest absolute Gasteiger partial charge is 0.175 e. The first-order valence-electron chi connectivity index (χ1n) is 9.78. The molecule has 3 aromatic rings. The summed E-state index contributed by atoms with van der Waals surface area (Å²) in [4.78, 5) is 12.7. The van der Waals surface area contributed by atoms with Gasteiger partial charge in [0.15, 0.2) is 16.1 Å². The number of H-pyrrole nitrogens is 1. The van der Waals surface area contributed by atoms with Crippen molar-refractivity contribution < 1.29 is 13.2 Å². The number of hydrogen-bond acceptors (Lipinski definition) is 5. The van der Waals surface area contributed by atoms with Crippen molar-refractivity contribution >= 4 is 32.2 Å². The molecule has 1 aliphatic rings. The van der Waals surface area contributed by atoms with Crippen LogP contribution in [0, 0.1) is 0 Å². The quantitative estimate of drug-likeness (QED) is 0.675.